The molecule has 0 saturated heterocycles. The molecule has 0 bridgehead atoms. The number of ether oxygens (including phenoxy) is 1. The highest BCUT2D eigenvalue weighted by Gasteiger charge is 2.23. The Morgan fingerprint density at radius 1 is 0.759 bits per heavy atom. The molecule has 0 unspecified atom stereocenters. The number of Topliss-reactive ketones (excluding diaryl/α,β-unsaturated/α-hetero) is 2. The first kappa shape index (κ1) is 21.1. The second kappa shape index (κ2) is 8.65. The molecule has 0 fully saturated rings. The summed E-state index contributed by atoms with van der Waals surface area (Å²) in [7, 11) is 0. The standard InChI is InChI=1S/C19H14N2O8/c1-11(22)17(18(23)13-3-7-15(8-4-13)20(25)26)12(2)29-19(24)14-5-9-16(10-6-14)21(27)28/h3-10H,1-2H3/b17-12+. The summed E-state index contributed by atoms with van der Waals surface area (Å²) in [6, 6.07) is 9.20. The lowest BCUT2D eigenvalue weighted by Crippen LogP contribution is -2.16. The quantitative estimate of drug-likeness (QED) is 0.101. The van der Waals surface area contributed by atoms with Gasteiger partial charge in [0, 0.05) is 29.8 Å². The molecule has 0 amide bonds. The van der Waals surface area contributed by atoms with Crippen molar-refractivity contribution in [3.8, 4) is 0 Å². The van der Waals surface area contributed by atoms with Crippen LogP contribution in [-0.2, 0) is 9.53 Å². The summed E-state index contributed by atoms with van der Waals surface area (Å²) < 4.78 is 5.09. The monoisotopic (exact) mass is 398 g/mol. The first-order chi connectivity index (χ1) is 13.6. The number of nitro benzene ring substituents is 2. The van der Waals surface area contributed by atoms with Crippen molar-refractivity contribution in [2.45, 2.75) is 13.8 Å². The number of hydrogen-bond acceptors (Lipinski definition) is 8. The molecule has 2 aromatic carbocycles. The third kappa shape index (κ3) is 4.95. The van der Waals surface area contributed by atoms with E-state index in [4.69, 9.17) is 4.74 Å². The molecule has 0 aliphatic rings. The molecule has 0 aliphatic heterocycles. The van der Waals surface area contributed by atoms with Crippen LogP contribution in [0.5, 0.6) is 0 Å². The third-order valence-electron chi connectivity index (χ3n) is 3.83. The van der Waals surface area contributed by atoms with E-state index >= 15 is 0 Å². The Hall–Kier alpha value is -4.21. The Kier molecular flexibility index (Phi) is 6.29. The predicted molar refractivity (Wildman–Crippen MR) is 99.3 cm³/mol. The minimum atomic E-state index is -0.910. The lowest BCUT2D eigenvalue weighted by molar-refractivity contribution is -0.385. The Morgan fingerprint density at radius 2 is 1.17 bits per heavy atom. The SMILES string of the molecule is CC(=O)/C(C(=O)c1ccc([N+](=O)[O-])cc1)=C(/C)OC(=O)c1ccc([N+](=O)[O-])cc1. The first-order valence-corrected chi connectivity index (χ1v) is 8.09. The summed E-state index contributed by atoms with van der Waals surface area (Å²) in [5.41, 5.74) is -0.843. The zero-order valence-corrected chi connectivity index (χ0v) is 15.3. The molecule has 0 spiro atoms. The van der Waals surface area contributed by atoms with Crippen LogP contribution < -0.4 is 0 Å². The van der Waals surface area contributed by atoms with Crippen LogP contribution in [-0.4, -0.2) is 27.4 Å². The third-order valence-corrected chi connectivity index (χ3v) is 3.83. The smallest absolute Gasteiger partial charge is 0.343 e. The molecule has 0 radical (unpaired) electrons. The Bertz CT molecular complexity index is 1040. The summed E-state index contributed by atoms with van der Waals surface area (Å²) in [4.78, 5) is 56.9. The normalized spacial score (nSPS) is 11.2. The molecule has 29 heavy (non-hydrogen) atoms. The molecule has 10 heteroatoms. The van der Waals surface area contributed by atoms with Crippen LogP contribution in [0.25, 0.3) is 0 Å². The molecule has 0 saturated carbocycles. The zero-order chi connectivity index (χ0) is 21.7. The van der Waals surface area contributed by atoms with Gasteiger partial charge in [0.25, 0.3) is 11.4 Å². The van der Waals surface area contributed by atoms with Crippen molar-refractivity contribution in [2.75, 3.05) is 0 Å². The second-order valence-corrected chi connectivity index (χ2v) is 5.81. The number of non-ortho nitro benzene ring substituents is 2. The number of allylic oxidation sites excluding steroid dienone is 2. The van der Waals surface area contributed by atoms with Crippen molar-refractivity contribution < 1.29 is 29.0 Å². The number of carbonyl (C=O) groups is 3. The van der Waals surface area contributed by atoms with Gasteiger partial charge in [0.1, 0.15) is 11.3 Å². The van der Waals surface area contributed by atoms with E-state index in [9.17, 15) is 34.6 Å². The van der Waals surface area contributed by atoms with Crippen LogP contribution in [0.4, 0.5) is 11.4 Å². The van der Waals surface area contributed by atoms with Crippen LogP contribution in [0.15, 0.2) is 59.9 Å². The van der Waals surface area contributed by atoms with Gasteiger partial charge in [-0.1, -0.05) is 0 Å². The number of hydrogen-bond donors (Lipinski definition) is 0. The molecule has 10 nitrogen and oxygen atoms in total. The largest absolute Gasteiger partial charge is 0.427 e. The molecule has 0 atom stereocenters. The highest BCUT2D eigenvalue weighted by atomic mass is 16.6. The van der Waals surface area contributed by atoms with Crippen molar-refractivity contribution in [1.29, 1.82) is 0 Å². The number of ketones is 2. The summed E-state index contributed by atoms with van der Waals surface area (Å²) in [6.45, 7) is 2.37. The molecule has 148 valence electrons. The molecule has 2 rings (SSSR count). The highest BCUT2D eigenvalue weighted by Crippen LogP contribution is 2.20. The fraction of sp³-hybridized carbons (Fsp3) is 0.105. The van der Waals surface area contributed by atoms with Gasteiger partial charge in [-0.3, -0.25) is 29.8 Å². The lowest BCUT2D eigenvalue weighted by atomic mass is 9.99. The van der Waals surface area contributed by atoms with Crippen LogP contribution in [0, 0.1) is 20.2 Å². The molecule has 0 aromatic heterocycles. The minimum Gasteiger partial charge on any atom is -0.427 e. The van der Waals surface area contributed by atoms with E-state index in [0.717, 1.165) is 31.2 Å². The molecule has 0 aliphatic carbocycles. The molecular formula is C19H14N2O8. The van der Waals surface area contributed by atoms with Crippen molar-refractivity contribution >= 4 is 28.9 Å². The zero-order valence-electron chi connectivity index (χ0n) is 15.3. The summed E-state index contributed by atoms with van der Waals surface area (Å²) in [6.07, 6.45) is 0. The van der Waals surface area contributed by atoms with Gasteiger partial charge in [-0.15, -0.1) is 0 Å². The van der Waals surface area contributed by atoms with Crippen LogP contribution >= 0.6 is 0 Å². The molecule has 0 heterocycles. The molecular weight excluding hydrogens is 384 g/mol. The first-order valence-electron chi connectivity index (χ1n) is 8.09. The topological polar surface area (TPSA) is 147 Å². The fourth-order valence-electron chi connectivity index (χ4n) is 2.41. The lowest BCUT2D eigenvalue weighted by Gasteiger charge is -2.10. The summed E-state index contributed by atoms with van der Waals surface area (Å²) in [5, 5.41) is 21.4. The molecule has 2 aromatic rings. The number of benzene rings is 2. The summed E-state index contributed by atoms with van der Waals surface area (Å²) >= 11 is 0. The fourth-order valence-corrected chi connectivity index (χ4v) is 2.41. The van der Waals surface area contributed by atoms with Gasteiger partial charge in [0.2, 0.25) is 0 Å². The van der Waals surface area contributed by atoms with Gasteiger partial charge in [0.05, 0.1) is 15.4 Å². The maximum atomic E-state index is 12.6. The van der Waals surface area contributed by atoms with Crippen molar-refractivity contribution in [3.05, 3.63) is 91.2 Å². The Labute approximate surface area is 163 Å². The van der Waals surface area contributed by atoms with Gasteiger partial charge < -0.3 is 4.74 Å². The van der Waals surface area contributed by atoms with E-state index in [2.05, 4.69) is 0 Å². The van der Waals surface area contributed by atoms with E-state index in [0.29, 0.717) is 0 Å². The van der Waals surface area contributed by atoms with E-state index in [1.165, 1.54) is 31.2 Å². The highest BCUT2D eigenvalue weighted by molar-refractivity contribution is 6.26. The van der Waals surface area contributed by atoms with E-state index in [1.807, 2.05) is 0 Å². The van der Waals surface area contributed by atoms with Gasteiger partial charge in [-0.05, 0) is 38.1 Å². The van der Waals surface area contributed by atoms with Crippen LogP contribution in [0.1, 0.15) is 34.6 Å². The second-order valence-electron chi connectivity index (χ2n) is 5.81. The van der Waals surface area contributed by atoms with Gasteiger partial charge in [0.15, 0.2) is 11.6 Å². The Morgan fingerprint density at radius 3 is 1.55 bits per heavy atom. The Balaban J connectivity index is 2.30. The van der Waals surface area contributed by atoms with Gasteiger partial charge in [-0.2, -0.15) is 0 Å². The maximum absolute atomic E-state index is 12.6. The van der Waals surface area contributed by atoms with Crippen LogP contribution in [0.2, 0.25) is 0 Å². The van der Waals surface area contributed by atoms with Gasteiger partial charge >= 0.3 is 5.97 Å². The minimum absolute atomic E-state index is 0.00605. The predicted octanol–water partition coefficient (Wildman–Crippen LogP) is 3.41. The van der Waals surface area contributed by atoms with Gasteiger partial charge in [-0.25, -0.2) is 4.79 Å². The van der Waals surface area contributed by atoms with E-state index < -0.39 is 33.0 Å². The van der Waals surface area contributed by atoms with Crippen molar-refractivity contribution in [1.82, 2.24) is 0 Å². The maximum Gasteiger partial charge on any atom is 0.343 e. The van der Waals surface area contributed by atoms with Crippen molar-refractivity contribution in [3.63, 3.8) is 0 Å². The van der Waals surface area contributed by atoms with Crippen molar-refractivity contribution in [2.24, 2.45) is 0 Å². The number of nitrogens with zero attached hydrogens (tertiary/aromatic N) is 2. The average Bonchev–Trinajstić information content (AvgIpc) is 2.67. The van der Waals surface area contributed by atoms with E-state index in [1.54, 1.807) is 0 Å². The average molecular weight is 398 g/mol. The van der Waals surface area contributed by atoms with Crippen LogP contribution in [0.3, 0.4) is 0 Å². The number of esters is 1. The molecule has 0 N–H and O–H groups in total. The van der Waals surface area contributed by atoms with E-state index in [-0.39, 0.29) is 28.3 Å². The summed E-state index contributed by atoms with van der Waals surface area (Å²) in [5.74, 6) is -2.60. The number of rotatable bonds is 7. The number of carbonyl (C=O) groups excluding carboxylic acids is 3. The number of nitro groups is 2.